The highest BCUT2D eigenvalue weighted by Gasteiger charge is 2.17. The molecular weight excluding hydrogens is 228 g/mol. The van der Waals surface area contributed by atoms with Crippen molar-refractivity contribution in [3.05, 3.63) is 33.6 Å². The van der Waals surface area contributed by atoms with E-state index in [2.05, 4.69) is 0 Å². The Labute approximate surface area is 91.4 Å². The van der Waals surface area contributed by atoms with Crippen molar-refractivity contribution in [1.29, 1.82) is 0 Å². The third-order valence-electron chi connectivity index (χ3n) is 1.89. The number of aliphatic hydroxyl groups is 1. The highest BCUT2D eigenvalue weighted by Crippen LogP contribution is 2.32. The number of aliphatic hydroxyl groups excluding tert-OH is 1. The van der Waals surface area contributed by atoms with Gasteiger partial charge in [-0.05, 0) is 18.6 Å². The van der Waals surface area contributed by atoms with Crippen LogP contribution in [0.1, 0.15) is 18.0 Å². The highest BCUT2D eigenvalue weighted by molar-refractivity contribution is 6.42. The van der Waals surface area contributed by atoms with Crippen LogP contribution in [-0.2, 0) is 0 Å². The van der Waals surface area contributed by atoms with Gasteiger partial charge >= 0.3 is 0 Å². The molecule has 0 heterocycles. The fourth-order valence-corrected chi connectivity index (χ4v) is 1.62. The minimum atomic E-state index is -0.633. The zero-order valence-corrected chi connectivity index (χ0v) is 8.82. The Bertz CT molecular complexity index is 333. The lowest BCUT2D eigenvalue weighted by molar-refractivity contribution is 0.275. The lowest BCUT2D eigenvalue weighted by atomic mass is 10.0. The van der Waals surface area contributed by atoms with Gasteiger partial charge in [-0.25, -0.2) is 4.39 Å². The maximum atomic E-state index is 13.3. The molecule has 0 saturated carbocycles. The SMILES string of the molecule is N[C@H](CCO)c1c(F)ccc(Cl)c1Cl. The zero-order valence-electron chi connectivity index (χ0n) is 7.30. The summed E-state index contributed by atoms with van der Waals surface area (Å²) < 4.78 is 13.3. The fraction of sp³-hybridized carbons (Fsp3) is 0.333. The summed E-state index contributed by atoms with van der Waals surface area (Å²) in [6, 6.07) is 1.95. The molecule has 0 spiro atoms. The predicted octanol–water partition coefficient (Wildman–Crippen LogP) is 2.51. The summed E-state index contributed by atoms with van der Waals surface area (Å²) in [4.78, 5) is 0. The van der Waals surface area contributed by atoms with Crippen LogP contribution in [0.4, 0.5) is 4.39 Å². The van der Waals surface area contributed by atoms with Gasteiger partial charge in [-0.1, -0.05) is 23.2 Å². The molecule has 0 aliphatic rings. The Balaban J connectivity index is 3.11. The molecular formula is C9H10Cl2FNO. The van der Waals surface area contributed by atoms with E-state index in [0.29, 0.717) is 0 Å². The smallest absolute Gasteiger partial charge is 0.129 e. The number of halogens is 3. The first-order valence-electron chi connectivity index (χ1n) is 4.07. The summed E-state index contributed by atoms with van der Waals surface area (Å²) in [6.45, 7) is -0.122. The molecule has 2 nitrogen and oxygen atoms in total. The van der Waals surface area contributed by atoms with Crippen molar-refractivity contribution in [2.75, 3.05) is 6.61 Å². The minimum Gasteiger partial charge on any atom is -0.396 e. The van der Waals surface area contributed by atoms with E-state index in [-0.39, 0.29) is 28.6 Å². The van der Waals surface area contributed by atoms with E-state index in [4.69, 9.17) is 34.0 Å². The van der Waals surface area contributed by atoms with Gasteiger partial charge in [0.15, 0.2) is 0 Å². The lowest BCUT2D eigenvalue weighted by Crippen LogP contribution is -2.14. The van der Waals surface area contributed by atoms with Crippen LogP contribution in [0.25, 0.3) is 0 Å². The number of hydrogen-bond donors (Lipinski definition) is 2. The van der Waals surface area contributed by atoms with E-state index in [9.17, 15) is 4.39 Å². The molecule has 1 aromatic carbocycles. The van der Waals surface area contributed by atoms with Crippen molar-refractivity contribution < 1.29 is 9.50 Å². The van der Waals surface area contributed by atoms with Gasteiger partial charge in [0, 0.05) is 18.2 Å². The predicted molar refractivity (Wildman–Crippen MR) is 55.1 cm³/mol. The van der Waals surface area contributed by atoms with Crippen LogP contribution < -0.4 is 5.73 Å². The fourth-order valence-electron chi connectivity index (χ4n) is 1.17. The topological polar surface area (TPSA) is 46.2 Å². The first-order chi connectivity index (χ1) is 6.57. The van der Waals surface area contributed by atoms with Crippen molar-refractivity contribution in [2.24, 2.45) is 5.73 Å². The van der Waals surface area contributed by atoms with Crippen LogP contribution in [0.3, 0.4) is 0 Å². The van der Waals surface area contributed by atoms with Crippen LogP contribution >= 0.6 is 23.2 Å². The largest absolute Gasteiger partial charge is 0.396 e. The average Bonchev–Trinajstić information content (AvgIpc) is 2.13. The van der Waals surface area contributed by atoms with E-state index in [1.54, 1.807) is 0 Å². The van der Waals surface area contributed by atoms with Gasteiger partial charge in [-0.2, -0.15) is 0 Å². The summed E-state index contributed by atoms with van der Waals surface area (Å²) in [5.74, 6) is -0.500. The molecule has 78 valence electrons. The molecule has 0 saturated heterocycles. The van der Waals surface area contributed by atoms with E-state index >= 15 is 0 Å². The normalized spacial score (nSPS) is 12.9. The first-order valence-corrected chi connectivity index (χ1v) is 4.83. The van der Waals surface area contributed by atoms with Gasteiger partial charge in [0.05, 0.1) is 10.0 Å². The number of hydrogen-bond acceptors (Lipinski definition) is 2. The molecule has 1 atom stereocenters. The van der Waals surface area contributed by atoms with Crippen LogP contribution in [0, 0.1) is 5.82 Å². The van der Waals surface area contributed by atoms with Gasteiger partial charge < -0.3 is 10.8 Å². The van der Waals surface area contributed by atoms with Gasteiger partial charge in [0.25, 0.3) is 0 Å². The average molecular weight is 238 g/mol. The van der Waals surface area contributed by atoms with Crippen molar-refractivity contribution >= 4 is 23.2 Å². The first kappa shape index (κ1) is 11.7. The highest BCUT2D eigenvalue weighted by atomic mass is 35.5. The van der Waals surface area contributed by atoms with Crippen LogP contribution in [0.15, 0.2) is 12.1 Å². The van der Waals surface area contributed by atoms with Crippen LogP contribution in [0.2, 0.25) is 10.0 Å². The van der Waals surface area contributed by atoms with Crippen molar-refractivity contribution in [1.82, 2.24) is 0 Å². The van der Waals surface area contributed by atoms with Gasteiger partial charge in [0.1, 0.15) is 5.82 Å². The Morgan fingerprint density at radius 2 is 2.07 bits per heavy atom. The van der Waals surface area contributed by atoms with Gasteiger partial charge in [-0.15, -0.1) is 0 Å². The summed E-state index contributed by atoms with van der Waals surface area (Å²) >= 11 is 11.5. The molecule has 5 heteroatoms. The molecule has 0 aromatic heterocycles. The van der Waals surface area contributed by atoms with E-state index in [0.717, 1.165) is 0 Å². The number of rotatable bonds is 3. The van der Waals surface area contributed by atoms with E-state index in [1.165, 1.54) is 12.1 Å². The number of nitrogens with two attached hydrogens (primary N) is 1. The second kappa shape index (κ2) is 4.94. The Kier molecular flexibility index (Phi) is 4.13. The molecule has 1 rings (SSSR count). The minimum absolute atomic E-state index is 0.118. The molecule has 0 aliphatic carbocycles. The maximum absolute atomic E-state index is 13.3. The lowest BCUT2D eigenvalue weighted by Gasteiger charge is -2.13. The van der Waals surface area contributed by atoms with Gasteiger partial charge in [-0.3, -0.25) is 0 Å². The molecule has 0 radical (unpaired) electrons. The monoisotopic (exact) mass is 237 g/mol. The molecule has 1 aromatic rings. The van der Waals surface area contributed by atoms with Crippen molar-refractivity contribution in [3.8, 4) is 0 Å². The molecule has 0 aliphatic heterocycles. The second-order valence-corrected chi connectivity index (χ2v) is 3.66. The Morgan fingerprint density at radius 1 is 1.43 bits per heavy atom. The molecule has 0 amide bonds. The summed E-state index contributed by atoms with van der Waals surface area (Å²) in [7, 11) is 0. The summed E-state index contributed by atoms with van der Waals surface area (Å²) in [5.41, 5.74) is 5.79. The van der Waals surface area contributed by atoms with Crippen molar-refractivity contribution in [2.45, 2.75) is 12.5 Å². The Morgan fingerprint density at radius 3 is 2.64 bits per heavy atom. The molecule has 14 heavy (non-hydrogen) atoms. The van der Waals surface area contributed by atoms with Crippen LogP contribution in [0.5, 0.6) is 0 Å². The molecule has 0 bridgehead atoms. The zero-order chi connectivity index (χ0) is 10.7. The third kappa shape index (κ3) is 2.36. The van der Waals surface area contributed by atoms with E-state index < -0.39 is 11.9 Å². The molecule has 3 N–H and O–H groups in total. The van der Waals surface area contributed by atoms with Crippen LogP contribution in [-0.4, -0.2) is 11.7 Å². The quantitative estimate of drug-likeness (QED) is 0.794. The van der Waals surface area contributed by atoms with E-state index in [1.807, 2.05) is 0 Å². The maximum Gasteiger partial charge on any atom is 0.129 e. The Hall–Kier alpha value is -0.350. The standard InChI is InChI=1S/C9H10Cl2FNO/c10-5-1-2-6(12)8(9(5)11)7(13)3-4-14/h1-2,7,14H,3-4,13H2/t7-/m1/s1. The number of benzene rings is 1. The summed E-state index contributed by atoms with van der Waals surface area (Å²) in [5, 5.41) is 9.05. The van der Waals surface area contributed by atoms with Crippen molar-refractivity contribution in [3.63, 3.8) is 0 Å². The molecule has 0 unspecified atom stereocenters. The summed E-state index contributed by atoms with van der Waals surface area (Å²) in [6.07, 6.45) is 0.247. The second-order valence-electron chi connectivity index (χ2n) is 2.88. The molecule has 0 fully saturated rings. The third-order valence-corrected chi connectivity index (χ3v) is 2.71. The van der Waals surface area contributed by atoms with Gasteiger partial charge in [0.2, 0.25) is 0 Å².